The first-order valence-corrected chi connectivity index (χ1v) is 11.1. The molecule has 0 aliphatic carbocycles. The number of amides is 1. The Bertz CT molecular complexity index is 1280. The first-order chi connectivity index (χ1) is 16.4. The molecule has 1 amide bonds. The summed E-state index contributed by atoms with van der Waals surface area (Å²) in [5.74, 6) is -2.02. The average molecular weight is 463 g/mol. The topological polar surface area (TPSA) is 94.4 Å². The molecule has 0 saturated carbocycles. The van der Waals surface area contributed by atoms with Gasteiger partial charge in [-0.1, -0.05) is 36.4 Å². The van der Waals surface area contributed by atoms with Crippen LogP contribution in [0, 0.1) is 0 Å². The molecule has 1 atom stereocenters. The number of pyridine rings is 1. The fraction of sp³-hybridized carbons (Fsp3) is 0.308. The van der Waals surface area contributed by atoms with Gasteiger partial charge in [-0.25, -0.2) is 9.59 Å². The SMILES string of the molecule is COC(=O)c1c(C(=O)OC)c2ccc(C3CCCCN3C(C)=O)cn2c1C(=O)c1ccccc1. The molecule has 0 N–H and O–H groups in total. The van der Waals surface area contributed by atoms with Gasteiger partial charge in [-0.15, -0.1) is 0 Å². The number of benzene rings is 1. The van der Waals surface area contributed by atoms with Crippen LogP contribution in [0.2, 0.25) is 0 Å². The molecule has 0 spiro atoms. The molecule has 34 heavy (non-hydrogen) atoms. The smallest absolute Gasteiger partial charge is 0.341 e. The third-order valence-corrected chi connectivity index (χ3v) is 6.28. The Balaban J connectivity index is 2.01. The number of likely N-dealkylation sites (tertiary alicyclic amines) is 1. The minimum Gasteiger partial charge on any atom is -0.465 e. The molecule has 1 unspecified atom stereocenters. The maximum absolute atomic E-state index is 13.6. The van der Waals surface area contributed by atoms with E-state index in [9.17, 15) is 19.2 Å². The number of aromatic nitrogens is 1. The number of esters is 2. The van der Waals surface area contributed by atoms with Crippen molar-refractivity contribution in [1.29, 1.82) is 0 Å². The molecular formula is C26H26N2O6. The standard InChI is InChI=1S/C26H26N2O6/c1-16(29)27-14-8-7-11-19(27)18-12-13-20-21(25(31)33-2)22(26(32)34-3)23(28(20)15-18)24(30)17-9-5-4-6-10-17/h4-6,9-10,12-13,15,19H,7-8,11,14H2,1-3H3. The third kappa shape index (κ3) is 3.96. The van der Waals surface area contributed by atoms with E-state index in [1.807, 2.05) is 11.0 Å². The number of fused-ring (bicyclic) bond motifs is 1. The zero-order valence-electron chi connectivity index (χ0n) is 19.4. The molecule has 3 heterocycles. The van der Waals surface area contributed by atoms with Crippen molar-refractivity contribution in [3.05, 3.63) is 76.6 Å². The van der Waals surface area contributed by atoms with E-state index in [0.29, 0.717) is 17.6 Å². The average Bonchev–Trinajstić information content (AvgIpc) is 3.22. The Hall–Kier alpha value is -3.94. The lowest BCUT2D eigenvalue weighted by Gasteiger charge is -2.35. The molecule has 0 radical (unpaired) electrons. The number of hydrogen-bond donors (Lipinski definition) is 0. The fourth-order valence-corrected chi connectivity index (χ4v) is 4.68. The Labute approximate surface area is 197 Å². The summed E-state index contributed by atoms with van der Waals surface area (Å²) in [6.45, 7) is 2.20. The summed E-state index contributed by atoms with van der Waals surface area (Å²) in [7, 11) is 2.41. The highest BCUT2D eigenvalue weighted by Gasteiger charge is 2.34. The minimum atomic E-state index is -0.812. The highest BCUT2D eigenvalue weighted by molar-refractivity contribution is 6.19. The van der Waals surface area contributed by atoms with E-state index in [0.717, 1.165) is 24.8 Å². The maximum Gasteiger partial charge on any atom is 0.341 e. The van der Waals surface area contributed by atoms with Crippen LogP contribution in [0.25, 0.3) is 5.52 Å². The fourth-order valence-electron chi connectivity index (χ4n) is 4.68. The van der Waals surface area contributed by atoms with E-state index >= 15 is 0 Å². The van der Waals surface area contributed by atoms with Crippen LogP contribution in [0.15, 0.2) is 48.7 Å². The molecule has 3 aromatic rings. The van der Waals surface area contributed by atoms with Crippen molar-refractivity contribution >= 4 is 29.1 Å². The lowest BCUT2D eigenvalue weighted by Crippen LogP contribution is -2.37. The van der Waals surface area contributed by atoms with E-state index in [2.05, 4.69) is 0 Å². The second-order valence-corrected chi connectivity index (χ2v) is 8.22. The number of carbonyl (C=O) groups excluding carboxylic acids is 4. The van der Waals surface area contributed by atoms with Gasteiger partial charge in [0.05, 0.1) is 25.8 Å². The second kappa shape index (κ2) is 9.51. The molecular weight excluding hydrogens is 436 g/mol. The molecule has 1 aliphatic rings. The van der Waals surface area contributed by atoms with Crippen LogP contribution in [-0.2, 0) is 14.3 Å². The van der Waals surface area contributed by atoms with Gasteiger partial charge in [-0.3, -0.25) is 9.59 Å². The molecule has 1 aliphatic heterocycles. The van der Waals surface area contributed by atoms with Crippen molar-refractivity contribution in [2.75, 3.05) is 20.8 Å². The van der Waals surface area contributed by atoms with Crippen molar-refractivity contribution in [3.8, 4) is 0 Å². The number of ketones is 1. The predicted molar refractivity (Wildman–Crippen MR) is 124 cm³/mol. The van der Waals surface area contributed by atoms with E-state index in [1.54, 1.807) is 53.9 Å². The molecule has 0 bridgehead atoms. The van der Waals surface area contributed by atoms with Crippen molar-refractivity contribution in [1.82, 2.24) is 9.30 Å². The lowest BCUT2D eigenvalue weighted by molar-refractivity contribution is -0.132. The van der Waals surface area contributed by atoms with Gasteiger partial charge >= 0.3 is 11.9 Å². The van der Waals surface area contributed by atoms with Gasteiger partial charge in [-0.2, -0.15) is 0 Å². The molecule has 8 nitrogen and oxygen atoms in total. The summed E-state index contributed by atoms with van der Waals surface area (Å²) in [6.07, 6.45) is 4.41. The quantitative estimate of drug-likeness (QED) is 0.423. The molecule has 1 aromatic carbocycles. The summed E-state index contributed by atoms with van der Waals surface area (Å²) in [6, 6.07) is 11.9. The van der Waals surface area contributed by atoms with Crippen LogP contribution >= 0.6 is 0 Å². The van der Waals surface area contributed by atoms with E-state index in [1.165, 1.54) is 14.2 Å². The van der Waals surface area contributed by atoms with E-state index in [-0.39, 0.29) is 28.8 Å². The van der Waals surface area contributed by atoms with Crippen LogP contribution in [-0.4, -0.2) is 53.7 Å². The van der Waals surface area contributed by atoms with Gasteiger partial charge < -0.3 is 18.8 Å². The van der Waals surface area contributed by atoms with Gasteiger partial charge in [0.1, 0.15) is 16.8 Å². The normalized spacial score (nSPS) is 15.7. The largest absolute Gasteiger partial charge is 0.465 e. The van der Waals surface area contributed by atoms with Crippen LogP contribution in [0.1, 0.15) is 74.6 Å². The molecule has 8 heteroatoms. The van der Waals surface area contributed by atoms with Gasteiger partial charge in [0, 0.05) is 25.2 Å². The molecule has 176 valence electrons. The number of piperidine rings is 1. The van der Waals surface area contributed by atoms with Gasteiger partial charge in [0.2, 0.25) is 11.7 Å². The molecule has 1 fully saturated rings. The zero-order chi connectivity index (χ0) is 24.4. The number of nitrogens with zero attached hydrogens (tertiary/aromatic N) is 2. The highest BCUT2D eigenvalue weighted by Crippen LogP contribution is 2.34. The Morgan fingerprint density at radius 2 is 1.56 bits per heavy atom. The van der Waals surface area contributed by atoms with E-state index in [4.69, 9.17) is 9.47 Å². The number of rotatable bonds is 5. The Morgan fingerprint density at radius 3 is 2.21 bits per heavy atom. The Kier molecular flexibility index (Phi) is 6.49. The number of hydrogen-bond acceptors (Lipinski definition) is 6. The highest BCUT2D eigenvalue weighted by atomic mass is 16.5. The van der Waals surface area contributed by atoms with Crippen molar-refractivity contribution in [2.24, 2.45) is 0 Å². The lowest BCUT2D eigenvalue weighted by atomic mass is 9.96. The molecule has 4 rings (SSSR count). The van der Waals surface area contributed by atoms with Gasteiger partial charge in [-0.05, 0) is 30.9 Å². The molecule has 2 aromatic heterocycles. The number of methoxy groups -OCH3 is 2. The van der Waals surface area contributed by atoms with E-state index < -0.39 is 17.7 Å². The summed E-state index contributed by atoms with van der Waals surface area (Å²) in [4.78, 5) is 53.3. The monoisotopic (exact) mass is 462 g/mol. The minimum absolute atomic E-state index is 0.0143. The number of carbonyl (C=O) groups is 4. The first-order valence-electron chi connectivity index (χ1n) is 11.1. The second-order valence-electron chi connectivity index (χ2n) is 8.22. The Morgan fingerprint density at radius 1 is 0.882 bits per heavy atom. The van der Waals surface area contributed by atoms with Crippen LogP contribution < -0.4 is 0 Å². The summed E-state index contributed by atoms with van der Waals surface area (Å²) < 4.78 is 11.5. The summed E-state index contributed by atoms with van der Waals surface area (Å²) in [5.41, 5.74) is 1.35. The van der Waals surface area contributed by atoms with Crippen LogP contribution in [0.4, 0.5) is 0 Å². The maximum atomic E-state index is 13.6. The predicted octanol–water partition coefficient (Wildman–Crippen LogP) is 3.82. The van der Waals surface area contributed by atoms with Crippen molar-refractivity contribution in [3.63, 3.8) is 0 Å². The van der Waals surface area contributed by atoms with Crippen LogP contribution in [0.5, 0.6) is 0 Å². The van der Waals surface area contributed by atoms with Crippen molar-refractivity contribution in [2.45, 2.75) is 32.2 Å². The van der Waals surface area contributed by atoms with Gasteiger partial charge in [0.15, 0.2) is 0 Å². The third-order valence-electron chi connectivity index (χ3n) is 6.28. The number of ether oxygens (including phenoxy) is 2. The zero-order valence-corrected chi connectivity index (χ0v) is 19.4. The van der Waals surface area contributed by atoms with Crippen LogP contribution in [0.3, 0.4) is 0 Å². The van der Waals surface area contributed by atoms with Gasteiger partial charge in [0.25, 0.3) is 0 Å². The van der Waals surface area contributed by atoms with Crippen molar-refractivity contribution < 1.29 is 28.7 Å². The molecule has 1 saturated heterocycles. The summed E-state index contributed by atoms with van der Waals surface area (Å²) >= 11 is 0. The first kappa shape index (κ1) is 23.2. The summed E-state index contributed by atoms with van der Waals surface area (Å²) in [5, 5.41) is 0.